The van der Waals surface area contributed by atoms with E-state index < -0.39 is 0 Å². The summed E-state index contributed by atoms with van der Waals surface area (Å²) >= 11 is 3.96. The van der Waals surface area contributed by atoms with Crippen molar-refractivity contribution in [2.75, 3.05) is 85.1 Å². The lowest BCUT2D eigenvalue weighted by Gasteiger charge is -2.37. The fraction of sp³-hybridized carbons (Fsp3) is 0.940. The van der Waals surface area contributed by atoms with Crippen molar-refractivity contribution in [3.8, 4) is 0 Å². The first kappa shape index (κ1) is 55.9. The predicted molar refractivity (Wildman–Crippen MR) is 258 cm³/mol. The molecule has 0 aromatic rings. The van der Waals surface area contributed by atoms with Crippen molar-refractivity contribution in [2.45, 2.75) is 220 Å². The first-order valence-corrected chi connectivity index (χ1v) is 26.2. The highest BCUT2D eigenvalue weighted by molar-refractivity contribution is 7.96. The zero-order valence-electron chi connectivity index (χ0n) is 39.8. The molecule has 1 aliphatic heterocycles. The Bertz CT molecular complexity index is 960. The number of unbranched alkanes of at least 4 members (excludes halogenated alkanes) is 24. The molecule has 2 amide bonds. The van der Waals surface area contributed by atoms with E-state index in [4.69, 9.17) is 0 Å². The number of rotatable bonds is 43. The highest BCUT2D eigenvalue weighted by atomic mass is 32.1. The minimum Gasteiger partial charge on any atom is -0.338 e. The van der Waals surface area contributed by atoms with E-state index in [1.54, 1.807) is 0 Å². The normalized spacial score (nSPS) is 13.4. The molecule has 1 heterocycles. The van der Waals surface area contributed by atoms with Crippen molar-refractivity contribution >= 4 is 29.6 Å². The summed E-state index contributed by atoms with van der Waals surface area (Å²) in [5.41, 5.74) is 0. The van der Waals surface area contributed by atoms with E-state index in [0.717, 1.165) is 52.0 Å². The molecule has 9 heteroatoms. The molecule has 0 aromatic carbocycles. The molecule has 1 aliphatic rings. The average molecular weight is 850 g/mol. The van der Waals surface area contributed by atoms with Gasteiger partial charge < -0.3 is 14.7 Å². The Hall–Kier alpha value is -1.16. The van der Waals surface area contributed by atoms with Gasteiger partial charge in [-0.15, -0.1) is 12.6 Å². The van der Waals surface area contributed by atoms with Crippen LogP contribution in [-0.4, -0.2) is 127 Å². The Kier molecular flexibility index (Phi) is 38.7. The molecule has 0 aromatic heterocycles. The van der Waals surface area contributed by atoms with Gasteiger partial charge in [0.25, 0.3) is 0 Å². The fourth-order valence-corrected chi connectivity index (χ4v) is 8.73. The molecule has 0 spiro atoms. The van der Waals surface area contributed by atoms with Crippen molar-refractivity contribution in [2.24, 2.45) is 0 Å². The molecule has 0 N–H and O–H groups in total. The zero-order valence-corrected chi connectivity index (χ0v) is 40.7. The number of carbonyl (C=O) groups is 3. The lowest BCUT2D eigenvalue weighted by Crippen LogP contribution is -2.54. The summed E-state index contributed by atoms with van der Waals surface area (Å²) in [5.74, 6) is 0.377. The molecule has 1 saturated heterocycles. The van der Waals surface area contributed by atoms with Crippen LogP contribution in [0.25, 0.3) is 0 Å². The minimum absolute atomic E-state index is 0.0849. The van der Waals surface area contributed by atoms with Crippen LogP contribution in [0.4, 0.5) is 0 Å². The van der Waals surface area contributed by atoms with E-state index in [-0.39, 0.29) is 16.9 Å². The molecule has 0 bridgehead atoms. The first-order chi connectivity index (χ1) is 28.8. The monoisotopic (exact) mass is 850 g/mol. The number of amides is 2. The van der Waals surface area contributed by atoms with Gasteiger partial charge in [-0.05, 0) is 64.8 Å². The van der Waals surface area contributed by atoms with Crippen molar-refractivity contribution < 1.29 is 14.4 Å². The van der Waals surface area contributed by atoms with Gasteiger partial charge in [0.2, 0.25) is 11.8 Å². The highest BCUT2D eigenvalue weighted by Gasteiger charge is 2.26. The zero-order chi connectivity index (χ0) is 43.0. The summed E-state index contributed by atoms with van der Waals surface area (Å²) in [7, 11) is 0. The topological polar surface area (TPSA) is 67.4 Å². The van der Waals surface area contributed by atoms with E-state index in [1.807, 2.05) is 9.80 Å². The minimum atomic E-state index is -0.0849. The summed E-state index contributed by atoms with van der Waals surface area (Å²) in [6, 6.07) is 0. The number of hydrogen-bond acceptors (Lipinski definition) is 6. The quantitative estimate of drug-likeness (QED) is 0.0487. The third kappa shape index (κ3) is 33.1. The number of piperazine rings is 1. The highest BCUT2D eigenvalue weighted by Crippen LogP contribution is 2.14. The predicted octanol–water partition coefficient (Wildman–Crippen LogP) is 11.8. The second-order valence-corrected chi connectivity index (χ2v) is 18.6. The molecule has 0 radical (unpaired) electrons. The summed E-state index contributed by atoms with van der Waals surface area (Å²) < 4.78 is 0. The molecule has 0 unspecified atom stereocenters. The molecule has 348 valence electrons. The summed E-state index contributed by atoms with van der Waals surface area (Å²) in [4.78, 5) is 50.3. The molecule has 0 saturated carbocycles. The van der Waals surface area contributed by atoms with Crippen molar-refractivity contribution in [3.05, 3.63) is 0 Å². The molecular formula is C50H99N5O3S. The summed E-state index contributed by atoms with van der Waals surface area (Å²) in [6.07, 6.45) is 37.7. The lowest BCUT2D eigenvalue weighted by atomic mass is 10.1. The van der Waals surface area contributed by atoms with Gasteiger partial charge in [-0.1, -0.05) is 182 Å². The standard InChI is InChI=1S/C50H99N5O3S/c1-5-9-13-17-21-25-29-35-51(36-30-26-22-18-14-10-6-2)40-41-53(38-32-28-24-20-16-12-8-4)47-49(57)55-44-42-54(43-45-55)48(56)46-52(39-33-34-50(58)59)37-31-27-23-19-15-11-7-3/h5-47H2,1-4H3,(H,58,59). The van der Waals surface area contributed by atoms with Crippen LogP contribution in [0.15, 0.2) is 0 Å². The van der Waals surface area contributed by atoms with Gasteiger partial charge in [-0.25, -0.2) is 0 Å². The summed E-state index contributed by atoms with van der Waals surface area (Å²) in [6.45, 7) is 19.4. The smallest absolute Gasteiger partial charge is 0.236 e. The van der Waals surface area contributed by atoms with Crippen LogP contribution >= 0.6 is 12.6 Å². The summed E-state index contributed by atoms with van der Waals surface area (Å²) in [5, 5.41) is -0.0849. The molecule has 59 heavy (non-hydrogen) atoms. The molecule has 0 atom stereocenters. The van der Waals surface area contributed by atoms with Crippen LogP contribution in [0.3, 0.4) is 0 Å². The van der Waals surface area contributed by atoms with E-state index in [0.29, 0.717) is 45.7 Å². The SMILES string of the molecule is CCCCCCCCCN(CCCCCCCCC)CCN(CCCCCCCCC)CC(=O)N1CCN(C(=O)CN(CCCCCCCCC)CCCC(=O)S)CC1. The number of hydrogen-bond donors (Lipinski definition) is 1. The average Bonchev–Trinajstić information content (AvgIpc) is 3.23. The maximum atomic E-state index is 13.9. The van der Waals surface area contributed by atoms with Crippen LogP contribution in [0.5, 0.6) is 0 Å². The van der Waals surface area contributed by atoms with Gasteiger partial charge in [0, 0.05) is 45.7 Å². The Morgan fingerprint density at radius 1 is 0.356 bits per heavy atom. The largest absolute Gasteiger partial charge is 0.338 e. The Morgan fingerprint density at radius 3 is 0.932 bits per heavy atom. The Labute approximate surface area is 372 Å². The van der Waals surface area contributed by atoms with Crippen LogP contribution in [0.2, 0.25) is 0 Å². The van der Waals surface area contributed by atoms with E-state index in [9.17, 15) is 14.4 Å². The third-order valence-electron chi connectivity index (χ3n) is 12.6. The van der Waals surface area contributed by atoms with Gasteiger partial charge in [0.15, 0.2) is 5.12 Å². The molecule has 1 fully saturated rings. The van der Waals surface area contributed by atoms with Gasteiger partial charge >= 0.3 is 0 Å². The second kappa shape index (κ2) is 40.9. The van der Waals surface area contributed by atoms with Crippen LogP contribution in [-0.2, 0) is 14.4 Å². The van der Waals surface area contributed by atoms with Crippen molar-refractivity contribution in [3.63, 3.8) is 0 Å². The van der Waals surface area contributed by atoms with E-state index >= 15 is 0 Å². The van der Waals surface area contributed by atoms with Gasteiger partial charge in [0.05, 0.1) is 13.1 Å². The lowest BCUT2D eigenvalue weighted by molar-refractivity contribution is -0.140. The maximum absolute atomic E-state index is 13.9. The van der Waals surface area contributed by atoms with E-state index in [2.05, 4.69) is 55.0 Å². The van der Waals surface area contributed by atoms with Crippen LogP contribution in [0, 0.1) is 0 Å². The van der Waals surface area contributed by atoms with Gasteiger partial charge in [-0.2, -0.15) is 0 Å². The molecule has 0 aliphatic carbocycles. The number of carbonyl (C=O) groups excluding carboxylic acids is 3. The Morgan fingerprint density at radius 2 is 0.610 bits per heavy atom. The maximum Gasteiger partial charge on any atom is 0.236 e. The second-order valence-electron chi connectivity index (χ2n) is 18.1. The number of nitrogens with zero attached hydrogens (tertiary/aromatic N) is 5. The first-order valence-electron chi connectivity index (χ1n) is 25.8. The van der Waals surface area contributed by atoms with Gasteiger partial charge in [0.1, 0.15) is 0 Å². The van der Waals surface area contributed by atoms with Crippen molar-refractivity contribution in [1.82, 2.24) is 24.5 Å². The van der Waals surface area contributed by atoms with Crippen LogP contribution in [0.1, 0.15) is 220 Å². The molecule has 1 rings (SSSR count). The fourth-order valence-electron chi connectivity index (χ4n) is 8.57. The third-order valence-corrected chi connectivity index (χ3v) is 12.8. The molecular weight excluding hydrogens is 751 g/mol. The van der Waals surface area contributed by atoms with Crippen molar-refractivity contribution in [1.29, 1.82) is 0 Å². The Balaban J connectivity index is 2.76. The van der Waals surface area contributed by atoms with Crippen LogP contribution < -0.4 is 0 Å². The molecule has 8 nitrogen and oxygen atoms in total. The van der Waals surface area contributed by atoms with Gasteiger partial charge in [-0.3, -0.25) is 24.2 Å². The number of thiol groups is 1. The van der Waals surface area contributed by atoms with E-state index in [1.165, 1.54) is 180 Å².